The lowest BCUT2D eigenvalue weighted by Gasteiger charge is -2.11. The number of rotatable bonds is 2. The van der Waals surface area contributed by atoms with E-state index in [4.69, 9.17) is 0 Å². The molecule has 2 aliphatic rings. The first-order chi connectivity index (χ1) is 11.3. The summed E-state index contributed by atoms with van der Waals surface area (Å²) in [6.45, 7) is 0. The lowest BCUT2D eigenvalue weighted by Crippen LogP contribution is -2.15. The van der Waals surface area contributed by atoms with E-state index in [0.717, 1.165) is 18.5 Å². The highest BCUT2D eigenvalue weighted by atomic mass is 16.1. The van der Waals surface area contributed by atoms with Crippen LogP contribution in [0.15, 0.2) is 41.3 Å². The number of hydrogen-bond donors (Lipinski definition) is 2. The van der Waals surface area contributed by atoms with Gasteiger partial charge in [-0.05, 0) is 31.4 Å². The molecule has 2 atom stereocenters. The van der Waals surface area contributed by atoms with Gasteiger partial charge in [-0.2, -0.15) is 9.77 Å². The molecule has 0 radical (unpaired) electrons. The third-order valence-electron chi connectivity index (χ3n) is 4.73. The quantitative estimate of drug-likeness (QED) is 0.757. The molecule has 0 saturated heterocycles. The van der Waals surface area contributed by atoms with Crippen LogP contribution in [-0.2, 0) is 0 Å². The predicted molar refractivity (Wildman–Crippen MR) is 87.5 cm³/mol. The Balaban J connectivity index is 1.64. The summed E-state index contributed by atoms with van der Waals surface area (Å²) in [4.78, 5) is 18.1. The maximum atomic E-state index is 12.3. The molecule has 1 aliphatic heterocycles. The van der Waals surface area contributed by atoms with Gasteiger partial charge in [0.05, 0.1) is 17.9 Å². The molecule has 2 unspecified atom stereocenters. The zero-order chi connectivity index (χ0) is 15.4. The third-order valence-corrected chi connectivity index (χ3v) is 4.73. The zero-order valence-corrected chi connectivity index (χ0v) is 12.4. The van der Waals surface area contributed by atoms with Gasteiger partial charge in [0, 0.05) is 6.04 Å². The first kappa shape index (κ1) is 12.7. The van der Waals surface area contributed by atoms with Crippen molar-refractivity contribution in [3.05, 3.63) is 46.9 Å². The maximum absolute atomic E-state index is 12.3. The van der Waals surface area contributed by atoms with E-state index in [1.54, 1.807) is 11.0 Å². The lowest BCUT2D eigenvalue weighted by atomic mass is 10.2. The summed E-state index contributed by atoms with van der Waals surface area (Å²) in [7, 11) is 0. The van der Waals surface area contributed by atoms with E-state index in [2.05, 4.69) is 25.4 Å². The Morgan fingerprint density at radius 1 is 1.26 bits per heavy atom. The number of nitrogens with zero attached hydrogens (tertiary/aromatic N) is 4. The van der Waals surface area contributed by atoms with Gasteiger partial charge in [-0.3, -0.25) is 14.8 Å². The highest BCUT2D eigenvalue weighted by Crippen LogP contribution is 2.40. The molecule has 1 fully saturated rings. The monoisotopic (exact) mass is 310 g/mol. The van der Waals surface area contributed by atoms with Gasteiger partial charge in [0.25, 0.3) is 5.56 Å². The van der Waals surface area contributed by atoms with E-state index in [1.165, 1.54) is 6.42 Å². The smallest absolute Gasteiger partial charge is 0.285 e. The number of benzene rings is 1. The van der Waals surface area contributed by atoms with Gasteiger partial charge in [-0.25, -0.2) is 0 Å². The minimum atomic E-state index is -0.236. The van der Waals surface area contributed by atoms with E-state index in [-0.39, 0.29) is 5.56 Å². The number of nitrogens with one attached hydrogen (secondary N) is 2. The third kappa shape index (κ3) is 1.86. The molecule has 1 aromatic carbocycles. The maximum Gasteiger partial charge on any atom is 0.285 e. The molecule has 1 aliphatic carbocycles. The van der Waals surface area contributed by atoms with Crippen molar-refractivity contribution in [3.8, 4) is 0 Å². The number of para-hydroxylation sites is 1. The second-order valence-corrected chi connectivity index (χ2v) is 6.15. The predicted octanol–water partition coefficient (Wildman–Crippen LogP) is 1.99. The fourth-order valence-electron chi connectivity index (χ4n) is 3.71. The van der Waals surface area contributed by atoms with Crippen LogP contribution in [0.25, 0.3) is 11.0 Å². The molecular weight excluding hydrogens is 294 g/mol. The van der Waals surface area contributed by atoms with Crippen LogP contribution >= 0.6 is 0 Å². The Labute approximate surface area is 131 Å². The summed E-state index contributed by atoms with van der Waals surface area (Å²) in [5.41, 5.74) is 4.56. The summed E-state index contributed by atoms with van der Waals surface area (Å²) >= 11 is 0. The van der Waals surface area contributed by atoms with E-state index >= 15 is 0 Å². The molecule has 0 spiro atoms. The molecule has 1 saturated carbocycles. The number of hydrogen-bond acceptors (Lipinski definition) is 5. The summed E-state index contributed by atoms with van der Waals surface area (Å²) < 4.78 is 2.09. The lowest BCUT2D eigenvalue weighted by molar-refractivity contribution is 0.540. The van der Waals surface area contributed by atoms with Crippen LogP contribution in [0.4, 0.5) is 11.6 Å². The first-order valence-corrected chi connectivity index (χ1v) is 7.90. The largest absolute Gasteiger partial charge is 0.351 e. The highest BCUT2D eigenvalue weighted by Gasteiger charge is 2.38. The Morgan fingerprint density at radius 2 is 2.13 bits per heavy atom. The normalized spacial score (nSPS) is 21.9. The molecule has 5 rings (SSSR count). The SMILES string of the molecule is O=c1nc2n(c3nn(N[14c]4ccccc4)cc13)C1CCCC1N2. The van der Waals surface area contributed by atoms with Crippen LogP contribution in [-0.4, -0.2) is 25.5 Å². The minimum Gasteiger partial charge on any atom is -0.351 e. The number of fused-ring (bicyclic) bond motifs is 5. The van der Waals surface area contributed by atoms with Gasteiger partial charge in [0.15, 0.2) is 5.65 Å². The Morgan fingerprint density at radius 3 is 3.00 bits per heavy atom. The van der Waals surface area contributed by atoms with Crippen molar-refractivity contribution in [2.45, 2.75) is 31.3 Å². The molecule has 0 bridgehead atoms. The van der Waals surface area contributed by atoms with Gasteiger partial charge in [-0.1, -0.05) is 18.2 Å². The molecular formula is C16H16N6O. The molecule has 3 heterocycles. The van der Waals surface area contributed by atoms with Crippen molar-refractivity contribution in [1.82, 2.24) is 19.4 Å². The summed E-state index contributed by atoms with van der Waals surface area (Å²) in [6.07, 6.45) is 5.13. The van der Waals surface area contributed by atoms with Gasteiger partial charge in [0.2, 0.25) is 5.95 Å². The average Bonchev–Trinajstić information content (AvgIpc) is 3.22. The number of anilines is 2. The topological polar surface area (TPSA) is 76.8 Å². The Kier molecular flexibility index (Phi) is 2.53. The van der Waals surface area contributed by atoms with Gasteiger partial charge >= 0.3 is 0 Å². The van der Waals surface area contributed by atoms with E-state index in [9.17, 15) is 4.79 Å². The van der Waals surface area contributed by atoms with Gasteiger partial charge in [0.1, 0.15) is 5.39 Å². The molecule has 23 heavy (non-hydrogen) atoms. The van der Waals surface area contributed by atoms with Crippen LogP contribution in [0.5, 0.6) is 0 Å². The van der Waals surface area contributed by atoms with Gasteiger partial charge < -0.3 is 5.32 Å². The van der Waals surface area contributed by atoms with Crippen molar-refractivity contribution in [1.29, 1.82) is 0 Å². The fraction of sp³-hybridized carbons (Fsp3) is 0.312. The van der Waals surface area contributed by atoms with E-state index in [1.807, 2.05) is 30.3 Å². The van der Waals surface area contributed by atoms with E-state index in [0.29, 0.717) is 29.1 Å². The average molecular weight is 310 g/mol. The molecule has 3 aromatic rings. The van der Waals surface area contributed by atoms with Crippen molar-refractivity contribution in [3.63, 3.8) is 0 Å². The van der Waals surface area contributed by atoms with Gasteiger partial charge in [-0.15, -0.1) is 5.10 Å². The highest BCUT2D eigenvalue weighted by molar-refractivity contribution is 5.76. The molecule has 2 aromatic heterocycles. The van der Waals surface area contributed by atoms with Crippen LogP contribution in [0, 0.1) is 0 Å². The molecule has 2 N–H and O–H groups in total. The Bertz CT molecular complexity index is 944. The van der Waals surface area contributed by atoms with Crippen LogP contribution in [0.3, 0.4) is 0 Å². The summed E-state index contributed by atoms with van der Waals surface area (Å²) in [5.74, 6) is 0.655. The van der Waals surface area contributed by atoms with Crippen molar-refractivity contribution in [2.24, 2.45) is 0 Å². The zero-order valence-electron chi connectivity index (χ0n) is 12.4. The Hall–Kier alpha value is -2.83. The standard InChI is InChI=1S/C16H16N6O/c23-15-11-9-21(19-10-5-2-1-3-6-10)20-14(11)22-13-8-4-7-12(13)17-16(22)18-15/h1-3,5-6,9,12-13,19H,4,7-8H2,(H,17,18,23)/i10+2. The number of aromatic nitrogens is 4. The minimum absolute atomic E-state index is 0.236. The molecule has 116 valence electrons. The van der Waals surface area contributed by atoms with E-state index < -0.39 is 0 Å². The molecule has 0 amide bonds. The van der Waals surface area contributed by atoms with Crippen LogP contribution in [0.2, 0.25) is 0 Å². The molecule has 7 heteroatoms. The summed E-state index contributed by atoms with van der Waals surface area (Å²) in [6, 6.07) is 10.5. The van der Waals surface area contributed by atoms with Crippen LogP contribution in [0.1, 0.15) is 25.3 Å². The van der Waals surface area contributed by atoms with Crippen molar-refractivity contribution < 1.29 is 0 Å². The van der Waals surface area contributed by atoms with Crippen molar-refractivity contribution in [2.75, 3.05) is 10.7 Å². The molecule has 7 nitrogen and oxygen atoms in total. The van der Waals surface area contributed by atoms with Crippen LogP contribution < -0.4 is 16.3 Å². The summed E-state index contributed by atoms with van der Waals surface area (Å²) in [5, 5.41) is 8.51. The van der Waals surface area contributed by atoms with Crippen molar-refractivity contribution >= 4 is 22.7 Å². The second kappa shape index (κ2) is 4.58. The first-order valence-electron chi connectivity index (χ1n) is 7.90. The second-order valence-electron chi connectivity index (χ2n) is 6.15. The fourth-order valence-corrected chi connectivity index (χ4v) is 3.71.